The molecule has 0 aliphatic rings. The first-order valence-corrected chi connectivity index (χ1v) is 8.72. The van der Waals surface area contributed by atoms with Gasteiger partial charge < -0.3 is 10.1 Å². The number of aryl methyl sites for hydroxylation is 1. The van der Waals surface area contributed by atoms with Crippen LogP contribution in [0.15, 0.2) is 5.38 Å². The standard InChI is InChI=1S/C14H22N2O3S2/c1-9(13(18)19-14(3,4)5)15-12(17)8-20-6-11-7-21-10(2)16-11/h7,9H,6,8H2,1-5H3,(H,15,17)/t9-/m1/s1. The van der Waals surface area contributed by atoms with Crippen LogP contribution >= 0.6 is 23.1 Å². The maximum atomic E-state index is 11.8. The number of nitrogens with zero attached hydrogens (tertiary/aromatic N) is 1. The summed E-state index contributed by atoms with van der Waals surface area (Å²) >= 11 is 3.07. The van der Waals surface area contributed by atoms with Crippen LogP contribution in [0.2, 0.25) is 0 Å². The second kappa shape index (κ2) is 7.79. The summed E-state index contributed by atoms with van der Waals surface area (Å²) < 4.78 is 5.21. The van der Waals surface area contributed by atoms with Crippen molar-refractivity contribution in [2.45, 2.75) is 52.0 Å². The number of amides is 1. The highest BCUT2D eigenvalue weighted by molar-refractivity contribution is 7.99. The number of carbonyl (C=O) groups is 2. The highest BCUT2D eigenvalue weighted by atomic mass is 32.2. The molecule has 1 aromatic rings. The Morgan fingerprint density at radius 1 is 1.48 bits per heavy atom. The second-order valence-corrected chi connectivity index (χ2v) is 7.72. The van der Waals surface area contributed by atoms with E-state index in [-0.39, 0.29) is 5.91 Å². The summed E-state index contributed by atoms with van der Waals surface area (Å²) in [5.74, 6) is 0.392. The molecule has 118 valence electrons. The van der Waals surface area contributed by atoms with Crippen LogP contribution in [-0.2, 0) is 20.1 Å². The summed E-state index contributed by atoms with van der Waals surface area (Å²) in [7, 11) is 0. The van der Waals surface area contributed by atoms with Gasteiger partial charge in [0.05, 0.1) is 16.5 Å². The molecule has 5 nitrogen and oxygen atoms in total. The molecule has 0 aliphatic carbocycles. The third kappa shape index (κ3) is 7.47. The summed E-state index contributed by atoms with van der Waals surface area (Å²) in [4.78, 5) is 27.8. The number of esters is 1. The zero-order chi connectivity index (χ0) is 16.0. The van der Waals surface area contributed by atoms with Crippen LogP contribution in [0, 0.1) is 6.92 Å². The van der Waals surface area contributed by atoms with Gasteiger partial charge in [0.2, 0.25) is 5.91 Å². The van der Waals surface area contributed by atoms with Crippen molar-refractivity contribution in [3.05, 3.63) is 16.1 Å². The Kier molecular flexibility index (Phi) is 6.67. The van der Waals surface area contributed by atoms with Gasteiger partial charge in [-0.1, -0.05) is 0 Å². The molecule has 0 fully saturated rings. The molecule has 0 saturated carbocycles. The molecular weight excluding hydrogens is 308 g/mol. The summed E-state index contributed by atoms with van der Waals surface area (Å²) in [6.45, 7) is 8.97. The average molecular weight is 330 g/mol. The number of thiazole rings is 1. The van der Waals surface area contributed by atoms with Gasteiger partial charge in [0.1, 0.15) is 11.6 Å². The van der Waals surface area contributed by atoms with Gasteiger partial charge in [0.15, 0.2) is 0 Å². The number of aromatic nitrogens is 1. The maximum absolute atomic E-state index is 11.8. The van der Waals surface area contributed by atoms with Crippen LogP contribution < -0.4 is 5.32 Å². The normalized spacial score (nSPS) is 12.8. The number of nitrogens with one attached hydrogen (secondary N) is 1. The third-order valence-electron chi connectivity index (χ3n) is 2.29. The van der Waals surface area contributed by atoms with Gasteiger partial charge in [0, 0.05) is 11.1 Å². The van der Waals surface area contributed by atoms with Gasteiger partial charge in [-0.15, -0.1) is 23.1 Å². The van der Waals surface area contributed by atoms with Crippen molar-refractivity contribution < 1.29 is 14.3 Å². The molecule has 1 atom stereocenters. The third-order valence-corrected chi connectivity index (χ3v) is 4.08. The summed E-state index contributed by atoms with van der Waals surface area (Å²) in [5, 5.41) is 5.65. The number of hydrogen-bond donors (Lipinski definition) is 1. The summed E-state index contributed by atoms with van der Waals surface area (Å²) in [6.07, 6.45) is 0. The zero-order valence-corrected chi connectivity index (χ0v) is 14.7. The number of rotatable bonds is 6. The molecule has 21 heavy (non-hydrogen) atoms. The smallest absolute Gasteiger partial charge is 0.328 e. The van der Waals surface area contributed by atoms with Crippen molar-refractivity contribution in [2.75, 3.05) is 5.75 Å². The number of carbonyl (C=O) groups excluding carboxylic acids is 2. The largest absolute Gasteiger partial charge is 0.458 e. The fourth-order valence-electron chi connectivity index (χ4n) is 1.46. The van der Waals surface area contributed by atoms with Gasteiger partial charge in [-0.25, -0.2) is 9.78 Å². The minimum atomic E-state index is -0.640. The average Bonchev–Trinajstić information content (AvgIpc) is 2.72. The van der Waals surface area contributed by atoms with Crippen LogP contribution in [0.4, 0.5) is 0 Å². The first-order chi connectivity index (χ1) is 9.67. The molecule has 1 amide bonds. The summed E-state index contributed by atoms with van der Waals surface area (Å²) in [5.41, 5.74) is 0.434. The molecule has 7 heteroatoms. The van der Waals surface area contributed by atoms with E-state index >= 15 is 0 Å². The van der Waals surface area contributed by atoms with Gasteiger partial charge in [0.25, 0.3) is 0 Å². The van der Waals surface area contributed by atoms with Crippen molar-refractivity contribution in [3.63, 3.8) is 0 Å². The van der Waals surface area contributed by atoms with Crippen molar-refractivity contribution in [1.82, 2.24) is 10.3 Å². The Hall–Kier alpha value is -1.08. The number of ether oxygens (including phenoxy) is 1. The maximum Gasteiger partial charge on any atom is 0.328 e. The quantitative estimate of drug-likeness (QED) is 0.812. The van der Waals surface area contributed by atoms with Gasteiger partial charge in [-0.2, -0.15) is 0 Å². The van der Waals surface area contributed by atoms with Crippen molar-refractivity contribution in [3.8, 4) is 0 Å². The first-order valence-electron chi connectivity index (χ1n) is 6.68. The van der Waals surface area contributed by atoms with Gasteiger partial charge in [-0.3, -0.25) is 4.79 Å². The van der Waals surface area contributed by atoms with E-state index in [1.807, 2.05) is 12.3 Å². The number of thioether (sulfide) groups is 1. The predicted molar refractivity (Wildman–Crippen MR) is 86.5 cm³/mol. The molecule has 1 rings (SSSR count). The Bertz CT molecular complexity index is 495. The van der Waals surface area contributed by atoms with Gasteiger partial charge >= 0.3 is 5.97 Å². The molecule has 0 radical (unpaired) electrons. The lowest BCUT2D eigenvalue weighted by molar-refractivity contribution is -0.157. The molecule has 0 bridgehead atoms. The molecule has 0 aliphatic heterocycles. The molecule has 0 unspecified atom stereocenters. The minimum Gasteiger partial charge on any atom is -0.458 e. The molecular formula is C14H22N2O3S2. The van der Waals surface area contributed by atoms with Gasteiger partial charge in [-0.05, 0) is 34.6 Å². The minimum absolute atomic E-state index is 0.176. The van der Waals surface area contributed by atoms with E-state index in [1.54, 1.807) is 39.0 Å². The van der Waals surface area contributed by atoms with E-state index in [9.17, 15) is 9.59 Å². The molecule has 1 aromatic heterocycles. The zero-order valence-electron chi connectivity index (χ0n) is 13.1. The van der Waals surface area contributed by atoms with Crippen LogP contribution in [0.25, 0.3) is 0 Å². The van der Waals surface area contributed by atoms with Crippen molar-refractivity contribution in [1.29, 1.82) is 0 Å². The Labute approximate surface area is 133 Å². The topological polar surface area (TPSA) is 68.3 Å². The van der Waals surface area contributed by atoms with Crippen molar-refractivity contribution in [2.24, 2.45) is 0 Å². The molecule has 1 heterocycles. The highest BCUT2D eigenvalue weighted by Crippen LogP contribution is 2.15. The number of hydrogen-bond acceptors (Lipinski definition) is 6. The van der Waals surface area contributed by atoms with E-state index in [0.29, 0.717) is 11.5 Å². The van der Waals surface area contributed by atoms with Crippen LogP contribution in [0.3, 0.4) is 0 Å². The van der Waals surface area contributed by atoms with Crippen LogP contribution in [0.1, 0.15) is 38.4 Å². The summed E-state index contributed by atoms with van der Waals surface area (Å²) in [6, 6.07) is -0.640. The monoisotopic (exact) mass is 330 g/mol. The predicted octanol–water partition coefficient (Wildman–Crippen LogP) is 2.53. The van der Waals surface area contributed by atoms with E-state index in [1.165, 1.54) is 11.8 Å². The fourth-order valence-corrected chi connectivity index (χ4v) is 2.90. The Morgan fingerprint density at radius 2 is 2.14 bits per heavy atom. The molecule has 0 aromatic carbocycles. The molecule has 0 spiro atoms. The fraction of sp³-hybridized carbons (Fsp3) is 0.643. The Balaban J connectivity index is 2.28. The Morgan fingerprint density at radius 3 is 2.67 bits per heavy atom. The van der Waals surface area contributed by atoms with E-state index in [0.717, 1.165) is 10.7 Å². The lowest BCUT2D eigenvalue weighted by Crippen LogP contribution is -2.42. The lowest BCUT2D eigenvalue weighted by Gasteiger charge is -2.22. The lowest BCUT2D eigenvalue weighted by atomic mass is 10.2. The SMILES string of the molecule is Cc1nc(CSCC(=O)N[C@H](C)C(=O)OC(C)(C)C)cs1. The van der Waals surface area contributed by atoms with Crippen LogP contribution in [0.5, 0.6) is 0 Å². The van der Waals surface area contributed by atoms with E-state index < -0.39 is 17.6 Å². The van der Waals surface area contributed by atoms with E-state index in [2.05, 4.69) is 10.3 Å². The van der Waals surface area contributed by atoms with Crippen LogP contribution in [-0.4, -0.2) is 34.3 Å². The molecule has 0 saturated heterocycles. The highest BCUT2D eigenvalue weighted by Gasteiger charge is 2.22. The first kappa shape index (κ1) is 18.0. The molecule has 1 N–H and O–H groups in total. The van der Waals surface area contributed by atoms with Crippen molar-refractivity contribution >= 4 is 35.0 Å². The second-order valence-electron chi connectivity index (χ2n) is 5.67. The van der Waals surface area contributed by atoms with E-state index in [4.69, 9.17) is 4.74 Å².